The Morgan fingerprint density at radius 2 is 0.911 bits per heavy atom. The molecule has 11 aromatic rings. The van der Waals surface area contributed by atoms with Gasteiger partial charge in [-0.05, 0) is 70.8 Å². The Kier molecular flexibility index (Phi) is 7.64. The van der Waals surface area contributed by atoms with Crippen LogP contribution in [0.3, 0.4) is 0 Å². The summed E-state index contributed by atoms with van der Waals surface area (Å²) in [5.74, 6) is 1.98. The molecule has 0 aliphatic heterocycles. The maximum Gasteiger partial charge on any atom is 0.164 e. The summed E-state index contributed by atoms with van der Waals surface area (Å²) in [4.78, 5) is 14.9. The molecule has 3 heterocycles. The normalized spacial score (nSPS) is 11.6. The second kappa shape index (κ2) is 13.3. The molecule has 11 rings (SSSR count). The maximum absolute atomic E-state index is 5.00. The Balaban J connectivity index is 1.01. The van der Waals surface area contributed by atoms with Crippen LogP contribution in [-0.4, -0.2) is 19.5 Å². The Morgan fingerprint density at radius 1 is 0.339 bits per heavy atom. The first-order valence-corrected chi connectivity index (χ1v) is 19.6. The van der Waals surface area contributed by atoms with Crippen molar-refractivity contribution < 1.29 is 0 Å². The van der Waals surface area contributed by atoms with Crippen molar-refractivity contribution in [2.75, 3.05) is 0 Å². The quantitative estimate of drug-likeness (QED) is 0.171. The molecule has 0 atom stereocenters. The lowest BCUT2D eigenvalue weighted by atomic mass is 9.95. The van der Waals surface area contributed by atoms with Gasteiger partial charge in [-0.1, -0.05) is 146 Å². The van der Waals surface area contributed by atoms with Crippen molar-refractivity contribution in [3.05, 3.63) is 194 Å². The van der Waals surface area contributed by atoms with E-state index in [-0.39, 0.29) is 0 Å². The van der Waals surface area contributed by atoms with E-state index in [1.165, 1.54) is 69.9 Å². The third-order valence-corrected chi connectivity index (χ3v) is 11.8. The van der Waals surface area contributed by atoms with Crippen LogP contribution in [0.1, 0.15) is 0 Å². The predicted molar refractivity (Wildman–Crippen MR) is 234 cm³/mol. The first-order valence-electron chi connectivity index (χ1n) is 18.8. The topological polar surface area (TPSA) is 43.6 Å². The zero-order chi connectivity index (χ0) is 37.0. The Morgan fingerprint density at radius 3 is 1.66 bits per heavy atom. The number of hydrogen-bond acceptors (Lipinski definition) is 4. The van der Waals surface area contributed by atoms with Crippen LogP contribution in [0.2, 0.25) is 0 Å². The molecule has 0 unspecified atom stereocenters. The lowest BCUT2D eigenvalue weighted by Gasteiger charge is -2.10. The van der Waals surface area contributed by atoms with E-state index in [1.54, 1.807) is 0 Å². The summed E-state index contributed by atoms with van der Waals surface area (Å²) in [6, 6.07) is 68.7. The second-order valence-electron chi connectivity index (χ2n) is 14.0. The van der Waals surface area contributed by atoms with Crippen molar-refractivity contribution in [1.29, 1.82) is 0 Å². The minimum atomic E-state index is 0.661. The molecule has 0 aliphatic carbocycles. The molecule has 5 heteroatoms. The smallest absolute Gasteiger partial charge is 0.164 e. The highest BCUT2D eigenvalue weighted by Crippen LogP contribution is 2.42. The third kappa shape index (κ3) is 5.48. The molecule has 4 nitrogen and oxygen atoms in total. The van der Waals surface area contributed by atoms with Crippen LogP contribution in [0.4, 0.5) is 0 Å². The van der Waals surface area contributed by atoms with Crippen LogP contribution in [0, 0.1) is 0 Å². The molecule has 56 heavy (non-hydrogen) atoms. The van der Waals surface area contributed by atoms with E-state index in [1.807, 2.05) is 72.0 Å². The highest BCUT2D eigenvalue weighted by molar-refractivity contribution is 7.26. The highest BCUT2D eigenvalue weighted by Gasteiger charge is 2.17. The molecular formula is C51H32N4S. The molecule has 0 fully saturated rings. The van der Waals surface area contributed by atoms with E-state index < -0.39 is 0 Å². The molecule has 0 N–H and O–H groups in total. The number of hydrogen-bond donors (Lipinski definition) is 0. The average molecular weight is 733 g/mol. The first-order chi connectivity index (χ1) is 27.7. The van der Waals surface area contributed by atoms with Gasteiger partial charge < -0.3 is 4.57 Å². The summed E-state index contributed by atoms with van der Waals surface area (Å²) < 4.78 is 4.81. The molecule has 0 bridgehead atoms. The van der Waals surface area contributed by atoms with Gasteiger partial charge in [0.2, 0.25) is 0 Å². The summed E-state index contributed by atoms with van der Waals surface area (Å²) in [7, 11) is 0. The van der Waals surface area contributed by atoms with Gasteiger partial charge in [-0.25, -0.2) is 15.0 Å². The van der Waals surface area contributed by atoms with Crippen molar-refractivity contribution in [1.82, 2.24) is 19.5 Å². The lowest BCUT2D eigenvalue weighted by Crippen LogP contribution is -1.99. The number of fused-ring (bicyclic) bond motifs is 6. The number of thiophene rings is 1. The number of aromatic nitrogens is 4. The van der Waals surface area contributed by atoms with Gasteiger partial charge in [0, 0.05) is 53.3 Å². The van der Waals surface area contributed by atoms with Gasteiger partial charge in [0.05, 0.1) is 11.0 Å². The zero-order valence-corrected chi connectivity index (χ0v) is 31.0. The number of nitrogens with zero attached hydrogens (tertiary/aromatic N) is 4. The van der Waals surface area contributed by atoms with E-state index >= 15 is 0 Å². The second-order valence-corrected chi connectivity index (χ2v) is 15.1. The van der Waals surface area contributed by atoms with Crippen molar-refractivity contribution in [3.63, 3.8) is 0 Å². The van der Waals surface area contributed by atoms with Crippen LogP contribution in [0.25, 0.3) is 104 Å². The largest absolute Gasteiger partial charge is 0.309 e. The van der Waals surface area contributed by atoms with Crippen LogP contribution in [0.5, 0.6) is 0 Å². The molecule has 0 radical (unpaired) electrons. The highest BCUT2D eigenvalue weighted by atomic mass is 32.1. The molecule has 0 amide bonds. The van der Waals surface area contributed by atoms with Gasteiger partial charge in [0.15, 0.2) is 17.5 Å². The molecule has 0 spiro atoms. The third-order valence-electron chi connectivity index (χ3n) is 10.6. The van der Waals surface area contributed by atoms with Crippen molar-refractivity contribution in [2.24, 2.45) is 0 Å². The summed E-state index contributed by atoms with van der Waals surface area (Å²) in [5.41, 5.74) is 11.3. The number of rotatable bonds is 6. The summed E-state index contributed by atoms with van der Waals surface area (Å²) in [6.45, 7) is 0. The molecule has 0 saturated carbocycles. The van der Waals surface area contributed by atoms with Crippen LogP contribution < -0.4 is 0 Å². The first kappa shape index (κ1) is 32.2. The minimum Gasteiger partial charge on any atom is -0.309 e. The molecule has 8 aromatic carbocycles. The predicted octanol–water partition coefficient (Wildman–Crippen LogP) is 13.7. The maximum atomic E-state index is 5.00. The zero-order valence-electron chi connectivity index (χ0n) is 30.2. The fourth-order valence-electron chi connectivity index (χ4n) is 8.02. The number of para-hydroxylation sites is 2. The van der Waals surface area contributed by atoms with Crippen molar-refractivity contribution in [3.8, 4) is 62.1 Å². The fraction of sp³-hybridized carbons (Fsp3) is 0. The van der Waals surface area contributed by atoms with Crippen LogP contribution in [0.15, 0.2) is 194 Å². The van der Waals surface area contributed by atoms with E-state index in [0.29, 0.717) is 17.5 Å². The van der Waals surface area contributed by atoms with Gasteiger partial charge in [-0.3, -0.25) is 0 Å². The monoisotopic (exact) mass is 732 g/mol. The minimum absolute atomic E-state index is 0.661. The van der Waals surface area contributed by atoms with Gasteiger partial charge >= 0.3 is 0 Å². The molecular weight excluding hydrogens is 701 g/mol. The fourth-order valence-corrected chi connectivity index (χ4v) is 9.19. The number of benzene rings is 8. The summed E-state index contributed by atoms with van der Waals surface area (Å²) in [6.07, 6.45) is 0. The van der Waals surface area contributed by atoms with Crippen LogP contribution in [-0.2, 0) is 0 Å². The van der Waals surface area contributed by atoms with E-state index in [2.05, 4.69) is 138 Å². The van der Waals surface area contributed by atoms with Gasteiger partial charge in [-0.15, -0.1) is 11.3 Å². The standard InChI is InChI=1S/C51H32N4S/c1-4-14-33(15-5-1)49-52-50(34-16-6-2-7-17-34)54-51(53-49)38-26-28-42-47(32-38)56-46-25-13-23-40(48(42)46)37-19-12-18-35(30-37)36-27-29-45-43(31-36)41-22-10-11-24-44(41)55(45)39-20-8-3-9-21-39/h1-32H. The van der Waals surface area contributed by atoms with Crippen molar-refractivity contribution in [2.45, 2.75) is 0 Å². The summed E-state index contributed by atoms with van der Waals surface area (Å²) in [5, 5.41) is 5.00. The van der Waals surface area contributed by atoms with E-state index in [4.69, 9.17) is 15.0 Å². The van der Waals surface area contributed by atoms with Gasteiger partial charge in [0.1, 0.15) is 0 Å². The van der Waals surface area contributed by atoms with Gasteiger partial charge in [0.25, 0.3) is 0 Å². The van der Waals surface area contributed by atoms with Gasteiger partial charge in [-0.2, -0.15) is 0 Å². The molecule has 0 saturated heterocycles. The van der Waals surface area contributed by atoms with Crippen LogP contribution >= 0.6 is 11.3 Å². The Hall–Kier alpha value is -7.21. The molecule has 3 aromatic heterocycles. The Bertz CT molecular complexity index is 3180. The average Bonchev–Trinajstić information content (AvgIpc) is 3.82. The molecule has 0 aliphatic rings. The van der Waals surface area contributed by atoms with E-state index in [9.17, 15) is 0 Å². The summed E-state index contributed by atoms with van der Waals surface area (Å²) >= 11 is 1.81. The Labute approximate surface area is 327 Å². The van der Waals surface area contributed by atoms with Crippen molar-refractivity contribution >= 4 is 53.3 Å². The lowest BCUT2D eigenvalue weighted by molar-refractivity contribution is 1.07. The SMILES string of the molecule is c1ccc(-c2nc(-c3ccccc3)nc(-c3ccc4c(c3)sc3cccc(-c5cccc(-c6ccc7c(c6)c6ccccc6n7-c6ccccc6)c5)c34)n2)cc1. The molecule has 262 valence electrons. The van der Waals surface area contributed by atoms with E-state index in [0.717, 1.165) is 16.7 Å².